The smallest absolute Gasteiger partial charge is 0.239 e. The van der Waals surface area contributed by atoms with Crippen molar-refractivity contribution in [1.29, 1.82) is 0 Å². The molecule has 3 atom stereocenters. The van der Waals surface area contributed by atoms with E-state index in [2.05, 4.69) is 16.0 Å². The van der Waals surface area contributed by atoms with Crippen molar-refractivity contribution in [3.8, 4) is 5.75 Å². The van der Waals surface area contributed by atoms with E-state index < -0.39 is 12.1 Å². The third kappa shape index (κ3) is 6.56. The van der Waals surface area contributed by atoms with Gasteiger partial charge in [-0.05, 0) is 37.0 Å². The molecular formula is C19H27N3O5. The molecular weight excluding hydrogens is 350 g/mol. The second kappa shape index (κ2) is 9.91. The molecule has 148 valence electrons. The Morgan fingerprint density at radius 1 is 1.15 bits per heavy atom. The largest absolute Gasteiger partial charge is 0.497 e. The summed E-state index contributed by atoms with van der Waals surface area (Å²) in [5.41, 5.74) is 0.958. The fourth-order valence-corrected chi connectivity index (χ4v) is 3.09. The Balaban J connectivity index is 1.83. The monoisotopic (exact) mass is 377 g/mol. The predicted octanol–water partition coefficient (Wildman–Crippen LogP) is 0.0933. The van der Waals surface area contributed by atoms with Crippen LogP contribution in [0.25, 0.3) is 0 Å². The quantitative estimate of drug-likeness (QED) is 0.537. The number of hydrogen-bond acceptors (Lipinski definition) is 5. The Morgan fingerprint density at radius 2 is 1.85 bits per heavy atom. The molecule has 1 aromatic rings. The van der Waals surface area contributed by atoms with E-state index in [9.17, 15) is 19.5 Å². The number of carbonyl (C=O) groups is 3. The Bertz CT molecular complexity index is 662. The van der Waals surface area contributed by atoms with E-state index in [0.29, 0.717) is 25.8 Å². The van der Waals surface area contributed by atoms with Crippen LogP contribution in [0.5, 0.6) is 5.75 Å². The summed E-state index contributed by atoms with van der Waals surface area (Å²) in [5.74, 6) is -0.306. The molecule has 0 spiro atoms. The van der Waals surface area contributed by atoms with E-state index in [1.807, 2.05) is 24.3 Å². The molecule has 0 unspecified atom stereocenters. The topological polar surface area (TPSA) is 117 Å². The summed E-state index contributed by atoms with van der Waals surface area (Å²) in [6.45, 7) is 1.58. The predicted molar refractivity (Wildman–Crippen MR) is 98.8 cm³/mol. The normalized spacial score (nSPS) is 21.8. The molecule has 27 heavy (non-hydrogen) atoms. The second-order valence-electron chi connectivity index (χ2n) is 6.73. The zero-order valence-electron chi connectivity index (χ0n) is 15.7. The number of amides is 3. The van der Waals surface area contributed by atoms with E-state index in [4.69, 9.17) is 4.74 Å². The first-order chi connectivity index (χ1) is 12.9. The van der Waals surface area contributed by atoms with Crippen molar-refractivity contribution in [1.82, 2.24) is 16.0 Å². The van der Waals surface area contributed by atoms with Crippen LogP contribution in [0.4, 0.5) is 0 Å². The molecule has 0 radical (unpaired) electrons. The molecule has 8 heteroatoms. The summed E-state index contributed by atoms with van der Waals surface area (Å²) < 4.78 is 5.11. The molecule has 0 aliphatic heterocycles. The lowest BCUT2D eigenvalue weighted by molar-refractivity contribution is -0.129. The molecule has 1 saturated carbocycles. The number of ether oxygens (including phenoxy) is 1. The third-order valence-corrected chi connectivity index (χ3v) is 4.65. The van der Waals surface area contributed by atoms with Gasteiger partial charge in [-0.25, -0.2) is 0 Å². The average molecular weight is 377 g/mol. The molecule has 1 aliphatic rings. The number of rotatable bonds is 7. The molecule has 1 fully saturated rings. The number of hydrogen-bond donors (Lipinski definition) is 4. The molecule has 0 saturated heterocycles. The van der Waals surface area contributed by atoms with Crippen molar-refractivity contribution < 1.29 is 24.2 Å². The molecule has 0 heterocycles. The standard InChI is InChI=1S/C19H27N3O5/c1-12(23)20-11-18(25)22-16-9-14(5-8-17(16)24)19(26)21-10-13-3-6-15(27-2)7-4-13/h3-4,6-7,14,16-17,24H,5,8-11H2,1-2H3,(H,20,23)(H,21,26)(H,22,25)/t14-,16+,17+/m0/s1. The van der Waals surface area contributed by atoms with Crippen molar-refractivity contribution in [2.75, 3.05) is 13.7 Å². The van der Waals surface area contributed by atoms with Crippen LogP contribution in [0.2, 0.25) is 0 Å². The summed E-state index contributed by atoms with van der Waals surface area (Å²) in [4.78, 5) is 35.2. The fraction of sp³-hybridized carbons (Fsp3) is 0.526. The van der Waals surface area contributed by atoms with Crippen molar-refractivity contribution in [2.45, 2.75) is 44.9 Å². The van der Waals surface area contributed by atoms with Crippen LogP contribution in [0.3, 0.4) is 0 Å². The molecule has 8 nitrogen and oxygen atoms in total. The maximum Gasteiger partial charge on any atom is 0.239 e. The second-order valence-corrected chi connectivity index (χ2v) is 6.73. The van der Waals surface area contributed by atoms with Gasteiger partial charge in [-0.1, -0.05) is 12.1 Å². The lowest BCUT2D eigenvalue weighted by atomic mass is 9.83. The van der Waals surface area contributed by atoms with Gasteiger partial charge in [-0.3, -0.25) is 14.4 Å². The van der Waals surface area contributed by atoms with E-state index in [0.717, 1.165) is 11.3 Å². The van der Waals surface area contributed by atoms with Gasteiger partial charge in [0.1, 0.15) is 5.75 Å². The van der Waals surface area contributed by atoms with Crippen LogP contribution < -0.4 is 20.7 Å². The highest BCUT2D eigenvalue weighted by molar-refractivity contribution is 5.84. The fourth-order valence-electron chi connectivity index (χ4n) is 3.09. The van der Waals surface area contributed by atoms with Crippen molar-refractivity contribution >= 4 is 17.7 Å². The van der Waals surface area contributed by atoms with Crippen LogP contribution in [0, 0.1) is 5.92 Å². The Labute approximate surface area is 158 Å². The van der Waals surface area contributed by atoms with Crippen LogP contribution in [0.15, 0.2) is 24.3 Å². The van der Waals surface area contributed by atoms with Gasteiger partial charge in [0, 0.05) is 19.4 Å². The maximum atomic E-state index is 12.5. The van der Waals surface area contributed by atoms with E-state index >= 15 is 0 Å². The molecule has 3 amide bonds. The number of methoxy groups -OCH3 is 1. The van der Waals surface area contributed by atoms with Crippen molar-refractivity contribution in [2.24, 2.45) is 5.92 Å². The number of nitrogens with one attached hydrogen (secondary N) is 3. The van der Waals surface area contributed by atoms with Crippen LogP contribution in [-0.4, -0.2) is 48.6 Å². The van der Waals surface area contributed by atoms with Gasteiger partial charge in [-0.2, -0.15) is 0 Å². The lowest BCUT2D eigenvalue weighted by Gasteiger charge is -2.33. The Kier molecular flexibility index (Phi) is 7.60. The highest BCUT2D eigenvalue weighted by Crippen LogP contribution is 2.25. The summed E-state index contributed by atoms with van der Waals surface area (Å²) in [6, 6.07) is 6.93. The van der Waals surface area contributed by atoms with E-state index in [1.54, 1.807) is 7.11 Å². The average Bonchev–Trinajstić information content (AvgIpc) is 2.66. The van der Waals surface area contributed by atoms with Gasteiger partial charge in [0.15, 0.2) is 0 Å². The SMILES string of the molecule is COc1ccc(CNC(=O)[C@H]2CC[C@@H](O)[C@H](NC(=O)CNC(C)=O)C2)cc1. The zero-order chi connectivity index (χ0) is 19.8. The first-order valence-electron chi connectivity index (χ1n) is 9.01. The summed E-state index contributed by atoms with van der Waals surface area (Å²) in [5, 5.41) is 18.1. The lowest BCUT2D eigenvalue weighted by Crippen LogP contribution is -2.51. The van der Waals surface area contributed by atoms with E-state index in [1.165, 1.54) is 6.92 Å². The van der Waals surface area contributed by atoms with Gasteiger partial charge in [0.05, 0.1) is 25.8 Å². The first-order valence-corrected chi connectivity index (χ1v) is 9.01. The van der Waals surface area contributed by atoms with Gasteiger partial charge >= 0.3 is 0 Å². The van der Waals surface area contributed by atoms with Crippen molar-refractivity contribution in [3.05, 3.63) is 29.8 Å². The molecule has 4 N–H and O–H groups in total. The summed E-state index contributed by atoms with van der Waals surface area (Å²) in [7, 11) is 1.60. The van der Waals surface area contributed by atoms with Gasteiger partial charge < -0.3 is 25.8 Å². The molecule has 1 aromatic carbocycles. The van der Waals surface area contributed by atoms with E-state index in [-0.39, 0.29) is 30.2 Å². The van der Waals surface area contributed by atoms with Crippen molar-refractivity contribution in [3.63, 3.8) is 0 Å². The first kappa shape index (κ1) is 20.7. The van der Waals surface area contributed by atoms with Gasteiger partial charge in [0.2, 0.25) is 17.7 Å². The number of aliphatic hydroxyl groups is 1. The number of aliphatic hydroxyl groups excluding tert-OH is 1. The Hall–Kier alpha value is -2.61. The van der Waals surface area contributed by atoms with Gasteiger partial charge in [0.25, 0.3) is 0 Å². The third-order valence-electron chi connectivity index (χ3n) is 4.65. The molecule has 0 aromatic heterocycles. The minimum atomic E-state index is -0.697. The number of benzene rings is 1. The van der Waals surface area contributed by atoms with Crippen LogP contribution >= 0.6 is 0 Å². The van der Waals surface area contributed by atoms with Crippen LogP contribution in [-0.2, 0) is 20.9 Å². The number of carbonyl (C=O) groups excluding carboxylic acids is 3. The zero-order valence-corrected chi connectivity index (χ0v) is 15.7. The minimum absolute atomic E-state index is 0.0983. The summed E-state index contributed by atoms with van der Waals surface area (Å²) in [6.07, 6.45) is 0.665. The minimum Gasteiger partial charge on any atom is -0.497 e. The molecule has 0 bridgehead atoms. The Morgan fingerprint density at radius 3 is 2.48 bits per heavy atom. The highest BCUT2D eigenvalue weighted by Gasteiger charge is 2.33. The summed E-state index contributed by atoms with van der Waals surface area (Å²) >= 11 is 0. The van der Waals surface area contributed by atoms with Gasteiger partial charge in [-0.15, -0.1) is 0 Å². The molecule has 1 aliphatic carbocycles. The molecule has 2 rings (SSSR count). The van der Waals surface area contributed by atoms with Crippen LogP contribution in [0.1, 0.15) is 31.7 Å². The maximum absolute atomic E-state index is 12.5. The highest BCUT2D eigenvalue weighted by atomic mass is 16.5.